The molecule has 0 spiro atoms. The van der Waals surface area contributed by atoms with Crippen molar-refractivity contribution in [1.82, 2.24) is 5.32 Å². The van der Waals surface area contributed by atoms with Crippen LogP contribution in [0.1, 0.15) is 30.7 Å². The van der Waals surface area contributed by atoms with Gasteiger partial charge in [-0.15, -0.1) is 0 Å². The van der Waals surface area contributed by atoms with Crippen LogP contribution >= 0.6 is 0 Å². The van der Waals surface area contributed by atoms with Crippen molar-refractivity contribution >= 4 is 0 Å². The Labute approximate surface area is 91.9 Å². The fraction of sp³-hybridized carbons (Fsp3) is 0.462. The smallest absolute Gasteiger partial charge is 0.0628 e. The Morgan fingerprint density at radius 1 is 1.33 bits per heavy atom. The molecule has 0 bridgehead atoms. The van der Waals surface area contributed by atoms with E-state index in [4.69, 9.17) is 5.26 Å². The van der Waals surface area contributed by atoms with E-state index in [1.807, 2.05) is 25.2 Å². The Kier molecular flexibility index (Phi) is 5.50. The summed E-state index contributed by atoms with van der Waals surface area (Å²) in [6.07, 6.45) is 2.82. The normalized spacial score (nSPS) is 12.0. The SMILES string of the molecule is CNCCCC(CC#N)c1ccccc1. The molecule has 0 fully saturated rings. The van der Waals surface area contributed by atoms with E-state index in [1.54, 1.807) is 0 Å². The van der Waals surface area contributed by atoms with E-state index in [1.165, 1.54) is 5.56 Å². The van der Waals surface area contributed by atoms with Crippen LogP contribution in [0.4, 0.5) is 0 Å². The van der Waals surface area contributed by atoms with Crippen LogP contribution in [0.25, 0.3) is 0 Å². The van der Waals surface area contributed by atoms with Gasteiger partial charge in [0.25, 0.3) is 0 Å². The van der Waals surface area contributed by atoms with E-state index in [0.29, 0.717) is 12.3 Å². The first kappa shape index (κ1) is 11.7. The van der Waals surface area contributed by atoms with Gasteiger partial charge in [-0.3, -0.25) is 0 Å². The summed E-state index contributed by atoms with van der Waals surface area (Å²) in [5.41, 5.74) is 1.29. The van der Waals surface area contributed by atoms with Crippen LogP contribution in [0.3, 0.4) is 0 Å². The number of nitrogens with zero attached hydrogens (tertiary/aromatic N) is 1. The van der Waals surface area contributed by atoms with Gasteiger partial charge in [-0.1, -0.05) is 30.3 Å². The Morgan fingerprint density at radius 2 is 2.07 bits per heavy atom. The van der Waals surface area contributed by atoms with E-state index in [9.17, 15) is 0 Å². The average molecular weight is 202 g/mol. The molecular weight excluding hydrogens is 184 g/mol. The molecule has 0 aromatic heterocycles. The summed E-state index contributed by atoms with van der Waals surface area (Å²) in [6, 6.07) is 12.6. The lowest BCUT2D eigenvalue weighted by Gasteiger charge is -2.13. The summed E-state index contributed by atoms with van der Waals surface area (Å²) < 4.78 is 0. The number of hydrogen-bond donors (Lipinski definition) is 1. The topological polar surface area (TPSA) is 35.8 Å². The van der Waals surface area contributed by atoms with Gasteiger partial charge in [0, 0.05) is 6.42 Å². The van der Waals surface area contributed by atoms with Crippen molar-refractivity contribution in [2.75, 3.05) is 13.6 Å². The number of benzene rings is 1. The van der Waals surface area contributed by atoms with Crippen LogP contribution in [-0.2, 0) is 0 Å². The molecule has 0 aliphatic heterocycles. The van der Waals surface area contributed by atoms with Gasteiger partial charge in [0.15, 0.2) is 0 Å². The molecule has 1 N–H and O–H groups in total. The first-order valence-corrected chi connectivity index (χ1v) is 5.45. The maximum Gasteiger partial charge on any atom is 0.0628 e. The van der Waals surface area contributed by atoms with E-state index in [-0.39, 0.29) is 0 Å². The van der Waals surface area contributed by atoms with Crippen LogP contribution < -0.4 is 5.32 Å². The molecule has 15 heavy (non-hydrogen) atoms. The fourth-order valence-electron chi connectivity index (χ4n) is 1.75. The van der Waals surface area contributed by atoms with Gasteiger partial charge in [-0.2, -0.15) is 5.26 Å². The Bertz CT molecular complexity index is 300. The van der Waals surface area contributed by atoms with Crippen molar-refractivity contribution in [2.45, 2.75) is 25.2 Å². The van der Waals surface area contributed by atoms with E-state index < -0.39 is 0 Å². The van der Waals surface area contributed by atoms with Gasteiger partial charge in [-0.05, 0) is 37.9 Å². The fourth-order valence-corrected chi connectivity index (χ4v) is 1.75. The van der Waals surface area contributed by atoms with Crippen molar-refractivity contribution < 1.29 is 0 Å². The summed E-state index contributed by atoms with van der Waals surface area (Å²) in [4.78, 5) is 0. The zero-order chi connectivity index (χ0) is 10.9. The average Bonchev–Trinajstić information content (AvgIpc) is 2.29. The third-order valence-corrected chi connectivity index (χ3v) is 2.59. The highest BCUT2D eigenvalue weighted by molar-refractivity contribution is 5.20. The zero-order valence-corrected chi connectivity index (χ0v) is 9.24. The molecule has 1 aromatic rings. The largest absolute Gasteiger partial charge is 0.320 e. The minimum atomic E-state index is 0.393. The third kappa shape index (κ3) is 4.14. The molecule has 0 aliphatic carbocycles. The van der Waals surface area contributed by atoms with Crippen molar-refractivity contribution in [2.24, 2.45) is 0 Å². The lowest BCUT2D eigenvalue weighted by molar-refractivity contribution is 0.582. The molecule has 2 nitrogen and oxygen atoms in total. The summed E-state index contributed by atoms with van der Waals surface area (Å²) in [7, 11) is 1.96. The molecule has 1 aromatic carbocycles. The predicted octanol–water partition coefficient (Wildman–Crippen LogP) is 2.68. The summed E-state index contributed by atoms with van der Waals surface area (Å²) in [6.45, 7) is 1.02. The highest BCUT2D eigenvalue weighted by atomic mass is 14.8. The van der Waals surface area contributed by atoms with Crippen molar-refractivity contribution in [3.8, 4) is 6.07 Å². The van der Waals surface area contributed by atoms with Crippen LogP contribution in [0.2, 0.25) is 0 Å². The van der Waals surface area contributed by atoms with Crippen LogP contribution in [0, 0.1) is 11.3 Å². The molecule has 0 saturated carbocycles. The second-order valence-electron chi connectivity index (χ2n) is 3.72. The molecule has 80 valence electrons. The molecular formula is C13H18N2. The number of nitriles is 1. The molecule has 0 radical (unpaired) electrons. The van der Waals surface area contributed by atoms with Gasteiger partial charge in [0.2, 0.25) is 0 Å². The molecule has 0 amide bonds. The minimum Gasteiger partial charge on any atom is -0.320 e. The zero-order valence-electron chi connectivity index (χ0n) is 9.24. The van der Waals surface area contributed by atoms with Crippen LogP contribution in [0.15, 0.2) is 30.3 Å². The number of rotatable bonds is 6. The van der Waals surface area contributed by atoms with Gasteiger partial charge in [-0.25, -0.2) is 0 Å². The number of hydrogen-bond acceptors (Lipinski definition) is 2. The molecule has 1 atom stereocenters. The van der Waals surface area contributed by atoms with Gasteiger partial charge < -0.3 is 5.32 Å². The maximum atomic E-state index is 8.79. The lowest BCUT2D eigenvalue weighted by atomic mass is 9.92. The Morgan fingerprint density at radius 3 is 2.67 bits per heavy atom. The quantitative estimate of drug-likeness (QED) is 0.720. The second-order valence-corrected chi connectivity index (χ2v) is 3.72. The second kappa shape index (κ2) is 7.03. The van der Waals surface area contributed by atoms with Crippen molar-refractivity contribution in [3.05, 3.63) is 35.9 Å². The van der Waals surface area contributed by atoms with Gasteiger partial charge in [0.1, 0.15) is 0 Å². The van der Waals surface area contributed by atoms with E-state index in [0.717, 1.165) is 19.4 Å². The van der Waals surface area contributed by atoms with Crippen molar-refractivity contribution in [3.63, 3.8) is 0 Å². The van der Waals surface area contributed by atoms with Gasteiger partial charge in [0.05, 0.1) is 6.07 Å². The highest BCUT2D eigenvalue weighted by Gasteiger charge is 2.09. The molecule has 1 rings (SSSR count). The first-order valence-electron chi connectivity index (χ1n) is 5.45. The standard InChI is InChI=1S/C13H18N2/c1-15-11-5-8-13(9-10-14)12-6-3-2-4-7-12/h2-4,6-7,13,15H,5,8-9,11H2,1H3. The van der Waals surface area contributed by atoms with Crippen molar-refractivity contribution in [1.29, 1.82) is 5.26 Å². The minimum absolute atomic E-state index is 0.393. The molecule has 0 heterocycles. The van der Waals surface area contributed by atoms with E-state index in [2.05, 4.69) is 23.5 Å². The molecule has 0 saturated heterocycles. The molecule has 2 heteroatoms. The summed E-state index contributed by atoms with van der Waals surface area (Å²) in [5, 5.41) is 11.9. The molecule has 0 aliphatic rings. The summed E-state index contributed by atoms with van der Waals surface area (Å²) in [5.74, 6) is 0.393. The third-order valence-electron chi connectivity index (χ3n) is 2.59. The van der Waals surface area contributed by atoms with Gasteiger partial charge >= 0.3 is 0 Å². The monoisotopic (exact) mass is 202 g/mol. The number of nitrogens with one attached hydrogen (secondary N) is 1. The Balaban J connectivity index is 2.55. The Hall–Kier alpha value is -1.33. The van der Waals surface area contributed by atoms with Crippen LogP contribution in [0.5, 0.6) is 0 Å². The first-order chi connectivity index (χ1) is 7.38. The maximum absolute atomic E-state index is 8.79. The van der Waals surface area contributed by atoms with Crippen LogP contribution in [-0.4, -0.2) is 13.6 Å². The van der Waals surface area contributed by atoms with E-state index >= 15 is 0 Å². The predicted molar refractivity (Wildman–Crippen MR) is 62.6 cm³/mol. The highest BCUT2D eigenvalue weighted by Crippen LogP contribution is 2.23. The molecule has 1 unspecified atom stereocenters. The lowest BCUT2D eigenvalue weighted by Crippen LogP contribution is -2.09. The summed E-state index contributed by atoms with van der Waals surface area (Å²) >= 11 is 0.